The van der Waals surface area contributed by atoms with Gasteiger partial charge in [0.2, 0.25) is 0 Å². The van der Waals surface area contributed by atoms with Crippen molar-refractivity contribution in [1.82, 2.24) is 15.1 Å². The molecule has 0 atom stereocenters. The molecule has 102 valence electrons. The molecule has 0 bridgehead atoms. The molecule has 0 aromatic carbocycles. The molecule has 2 heterocycles. The van der Waals surface area contributed by atoms with Crippen LogP contribution in [0.5, 0.6) is 0 Å². The van der Waals surface area contributed by atoms with Crippen LogP contribution in [0, 0.1) is 0 Å². The van der Waals surface area contributed by atoms with Crippen LogP contribution in [-0.4, -0.2) is 45.3 Å². The molecular weight excluding hydrogens is 262 g/mol. The highest BCUT2D eigenvalue weighted by molar-refractivity contribution is 7.13. The molecule has 2 aromatic heterocycles. The summed E-state index contributed by atoms with van der Waals surface area (Å²) in [7, 11) is 1.65. The van der Waals surface area contributed by atoms with Crippen molar-refractivity contribution in [2.24, 2.45) is 0 Å². The van der Waals surface area contributed by atoms with E-state index in [0.717, 1.165) is 10.6 Å². The maximum Gasteiger partial charge on any atom is 0.274 e. The molecule has 0 aliphatic rings. The van der Waals surface area contributed by atoms with Crippen molar-refractivity contribution >= 4 is 17.2 Å². The number of rotatable bonds is 4. The predicted molar refractivity (Wildman–Crippen MR) is 75.2 cm³/mol. The molecule has 0 spiro atoms. The molecule has 5 nitrogen and oxygen atoms in total. The maximum atomic E-state index is 12.1. The van der Waals surface area contributed by atoms with Gasteiger partial charge >= 0.3 is 0 Å². The predicted octanol–water partition coefficient (Wildman–Crippen LogP) is 1.98. The van der Waals surface area contributed by atoms with Gasteiger partial charge in [0.1, 0.15) is 0 Å². The second-order valence-corrected chi connectivity index (χ2v) is 6.07. The number of hydrogen-bond donors (Lipinski definition) is 2. The smallest absolute Gasteiger partial charge is 0.274 e. The number of likely N-dealkylation sites (N-methyl/N-ethyl adjacent to an activating group) is 1. The first-order valence-corrected chi connectivity index (χ1v) is 6.82. The lowest BCUT2D eigenvalue weighted by atomic mass is 10.1. The molecule has 2 N–H and O–H groups in total. The van der Waals surface area contributed by atoms with Crippen LogP contribution in [0.4, 0.5) is 0 Å². The summed E-state index contributed by atoms with van der Waals surface area (Å²) in [6.45, 7) is 3.59. The lowest BCUT2D eigenvalue weighted by Gasteiger charge is -2.24. The van der Waals surface area contributed by atoms with Crippen LogP contribution in [0.3, 0.4) is 0 Å². The van der Waals surface area contributed by atoms with E-state index in [2.05, 4.69) is 10.2 Å². The third-order valence-corrected chi connectivity index (χ3v) is 3.46. The van der Waals surface area contributed by atoms with Gasteiger partial charge in [-0.05, 0) is 31.4 Å². The van der Waals surface area contributed by atoms with E-state index in [4.69, 9.17) is 0 Å². The van der Waals surface area contributed by atoms with Crippen molar-refractivity contribution in [3.63, 3.8) is 0 Å². The molecule has 0 radical (unpaired) electrons. The SMILES string of the molecule is CN(CC(C)(C)O)C(=O)c1cc(-c2cccs2)[nH]n1. The highest BCUT2D eigenvalue weighted by Gasteiger charge is 2.22. The first-order chi connectivity index (χ1) is 8.87. The zero-order valence-electron chi connectivity index (χ0n) is 11.2. The number of aromatic nitrogens is 2. The lowest BCUT2D eigenvalue weighted by molar-refractivity contribution is 0.0365. The minimum atomic E-state index is -0.919. The molecule has 0 fully saturated rings. The highest BCUT2D eigenvalue weighted by Crippen LogP contribution is 2.23. The minimum absolute atomic E-state index is 0.207. The van der Waals surface area contributed by atoms with Crippen molar-refractivity contribution in [3.8, 4) is 10.6 Å². The quantitative estimate of drug-likeness (QED) is 0.899. The maximum absolute atomic E-state index is 12.1. The summed E-state index contributed by atoms with van der Waals surface area (Å²) in [5, 5.41) is 18.6. The monoisotopic (exact) mass is 279 g/mol. The fourth-order valence-corrected chi connectivity index (χ4v) is 2.53. The number of aliphatic hydroxyl groups is 1. The number of nitrogens with zero attached hydrogens (tertiary/aromatic N) is 2. The topological polar surface area (TPSA) is 69.2 Å². The average molecular weight is 279 g/mol. The second kappa shape index (κ2) is 5.14. The van der Waals surface area contributed by atoms with Gasteiger partial charge in [-0.1, -0.05) is 6.07 Å². The van der Waals surface area contributed by atoms with E-state index < -0.39 is 5.60 Å². The average Bonchev–Trinajstić information content (AvgIpc) is 2.96. The van der Waals surface area contributed by atoms with Gasteiger partial charge in [0.15, 0.2) is 5.69 Å². The van der Waals surface area contributed by atoms with Gasteiger partial charge in [-0.15, -0.1) is 11.3 Å². The molecule has 6 heteroatoms. The van der Waals surface area contributed by atoms with Crippen molar-refractivity contribution in [3.05, 3.63) is 29.3 Å². The molecule has 0 unspecified atom stereocenters. The Bertz CT molecular complexity index is 555. The molecule has 1 amide bonds. The number of H-pyrrole nitrogens is 1. The molecule has 0 saturated carbocycles. The first kappa shape index (κ1) is 13.8. The Balaban J connectivity index is 2.12. The number of thiophene rings is 1. The fraction of sp³-hybridized carbons (Fsp3) is 0.385. The summed E-state index contributed by atoms with van der Waals surface area (Å²) in [5.74, 6) is -0.207. The van der Waals surface area contributed by atoms with Crippen molar-refractivity contribution in [1.29, 1.82) is 0 Å². The van der Waals surface area contributed by atoms with E-state index in [1.165, 1.54) is 4.90 Å². The fourth-order valence-electron chi connectivity index (χ4n) is 1.84. The van der Waals surface area contributed by atoms with Gasteiger partial charge in [0.05, 0.1) is 16.2 Å². The Morgan fingerprint density at radius 1 is 1.58 bits per heavy atom. The third kappa shape index (κ3) is 3.42. The van der Waals surface area contributed by atoms with Crippen LogP contribution in [0.2, 0.25) is 0 Å². The van der Waals surface area contributed by atoms with Crippen molar-refractivity contribution in [2.75, 3.05) is 13.6 Å². The second-order valence-electron chi connectivity index (χ2n) is 5.12. The molecule has 2 rings (SSSR count). The van der Waals surface area contributed by atoms with Gasteiger partial charge in [0.25, 0.3) is 5.91 Å². The molecule has 2 aromatic rings. The first-order valence-electron chi connectivity index (χ1n) is 5.94. The van der Waals surface area contributed by atoms with Crippen LogP contribution in [0.25, 0.3) is 10.6 Å². The van der Waals surface area contributed by atoms with Crippen molar-refractivity contribution in [2.45, 2.75) is 19.4 Å². The number of carbonyl (C=O) groups excluding carboxylic acids is 1. The minimum Gasteiger partial charge on any atom is -0.389 e. The largest absolute Gasteiger partial charge is 0.389 e. The van der Waals surface area contributed by atoms with Gasteiger partial charge in [0, 0.05) is 13.6 Å². The highest BCUT2D eigenvalue weighted by atomic mass is 32.1. The Labute approximate surface area is 115 Å². The number of aromatic amines is 1. The van der Waals surface area contributed by atoms with Crippen LogP contribution in [-0.2, 0) is 0 Å². The standard InChI is InChI=1S/C13H17N3O2S/c1-13(2,18)8-16(3)12(17)10-7-9(14-15-10)11-5-4-6-19-11/h4-7,18H,8H2,1-3H3,(H,14,15). The molecule has 19 heavy (non-hydrogen) atoms. The van der Waals surface area contributed by atoms with E-state index in [1.807, 2.05) is 17.5 Å². The summed E-state index contributed by atoms with van der Waals surface area (Å²) in [6, 6.07) is 5.64. The number of amides is 1. The summed E-state index contributed by atoms with van der Waals surface area (Å²) >= 11 is 1.58. The molecule has 0 aliphatic heterocycles. The third-order valence-electron chi connectivity index (χ3n) is 2.55. The molecular formula is C13H17N3O2S. The summed E-state index contributed by atoms with van der Waals surface area (Å²) in [6.07, 6.45) is 0. The molecule has 0 aliphatic carbocycles. The van der Waals surface area contributed by atoms with Gasteiger partial charge in [-0.25, -0.2) is 0 Å². The Morgan fingerprint density at radius 3 is 2.89 bits per heavy atom. The lowest BCUT2D eigenvalue weighted by Crippen LogP contribution is -2.39. The summed E-state index contributed by atoms with van der Waals surface area (Å²) in [4.78, 5) is 14.6. The van der Waals surface area contributed by atoms with E-state index in [1.54, 1.807) is 38.3 Å². The zero-order valence-corrected chi connectivity index (χ0v) is 12.0. The van der Waals surface area contributed by atoms with Gasteiger partial charge in [-0.3, -0.25) is 9.89 Å². The van der Waals surface area contributed by atoms with E-state index >= 15 is 0 Å². The molecule has 0 saturated heterocycles. The van der Waals surface area contributed by atoms with Gasteiger partial charge < -0.3 is 10.0 Å². The van der Waals surface area contributed by atoms with E-state index in [0.29, 0.717) is 5.69 Å². The van der Waals surface area contributed by atoms with E-state index in [9.17, 15) is 9.90 Å². The Kier molecular flexibility index (Phi) is 3.73. The van der Waals surface area contributed by atoms with Crippen LogP contribution >= 0.6 is 11.3 Å². The summed E-state index contributed by atoms with van der Waals surface area (Å²) < 4.78 is 0. The van der Waals surface area contributed by atoms with Crippen LogP contribution in [0.1, 0.15) is 24.3 Å². The number of nitrogens with one attached hydrogen (secondary N) is 1. The number of carbonyl (C=O) groups is 1. The van der Waals surface area contributed by atoms with Gasteiger partial charge in [-0.2, -0.15) is 5.10 Å². The Morgan fingerprint density at radius 2 is 2.32 bits per heavy atom. The normalized spacial score (nSPS) is 11.6. The van der Waals surface area contributed by atoms with Crippen molar-refractivity contribution < 1.29 is 9.90 Å². The Hall–Kier alpha value is -1.66. The zero-order chi connectivity index (χ0) is 14.0. The van der Waals surface area contributed by atoms with Crippen LogP contribution in [0.15, 0.2) is 23.6 Å². The summed E-state index contributed by atoms with van der Waals surface area (Å²) in [5.41, 5.74) is 0.266. The van der Waals surface area contributed by atoms with Crippen LogP contribution < -0.4 is 0 Å². The number of hydrogen-bond acceptors (Lipinski definition) is 4. The van der Waals surface area contributed by atoms with E-state index in [-0.39, 0.29) is 12.5 Å².